The van der Waals surface area contributed by atoms with Gasteiger partial charge in [0.05, 0.1) is 10.7 Å². The molecular weight excluding hydrogens is 199 g/mol. The van der Waals surface area contributed by atoms with Gasteiger partial charge in [0.15, 0.2) is 11.6 Å². The zero-order chi connectivity index (χ0) is 10.0. The summed E-state index contributed by atoms with van der Waals surface area (Å²) in [5, 5.41) is 0.0503. The molecule has 13 heavy (non-hydrogen) atoms. The largest absolute Gasteiger partial charge is 0.410 e. The Morgan fingerprint density at radius 3 is 2.69 bits per heavy atom. The minimum atomic E-state index is -1.11. The molecule has 0 aromatic heterocycles. The van der Waals surface area contributed by atoms with E-state index in [9.17, 15) is 9.18 Å². The maximum absolute atomic E-state index is 12.9. The topological polar surface area (TPSA) is 78.3 Å². The highest BCUT2D eigenvalue weighted by Gasteiger charge is 2.09. The van der Waals surface area contributed by atoms with Crippen molar-refractivity contribution in [1.82, 2.24) is 0 Å². The number of primary amides is 1. The Labute approximate surface area is 78.2 Å². The summed E-state index contributed by atoms with van der Waals surface area (Å²) in [6, 6.07) is 2.03. The van der Waals surface area contributed by atoms with Gasteiger partial charge < -0.3 is 16.2 Å². The number of benzene rings is 1. The lowest BCUT2D eigenvalue weighted by Gasteiger charge is -2.04. The van der Waals surface area contributed by atoms with Crippen molar-refractivity contribution < 1.29 is 13.9 Å². The van der Waals surface area contributed by atoms with Gasteiger partial charge in [0.1, 0.15) is 0 Å². The Kier molecular flexibility index (Phi) is 2.57. The van der Waals surface area contributed by atoms with Crippen molar-refractivity contribution in [2.24, 2.45) is 5.73 Å². The zero-order valence-electron chi connectivity index (χ0n) is 6.38. The summed E-state index contributed by atoms with van der Waals surface area (Å²) < 4.78 is 17.2. The van der Waals surface area contributed by atoms with Gasteiger partial charge in [-0.25, -0.2) is 9.18 Å². The molecule has 0 saturated heterocycles. The van der Waals surface area contributed by atoms with Crippen LogP contribution >= 0.6 is 11.6 Å². The maximum Gasteiger partial charge on any atom is 0.410 e. The van der Waals surface area contributed by atoms with Crippen LogP contribution in [0.5, 0.6) is 5.75 Å². The van der Waals surface area contributed by atoms with Crippen LogP contribution in [0.2, 0.25) is 5.02 Å². The lowest BCUT2D eigenvalue weighted by atomic mass is 10.3. The van der Waals surface area contributed by atoms with Crippen LogP contribution in [0.15, 0.2) is 12.1 Å². The normalized spacial score (nSPS) is 9.69. The Balaban J connectivity index is 3.08. The fourth-order valence-electron chi connectivity index (χ4n) is 0.731. The number of ether oxygens (including phenoxy) is 1. The molecule has 0 aliphatic carbocycles. The zero-order valence-corrected chi connectivity index (χ0v) is 7.14. The first-order valence-electron chi connectivity index (χ1n) is 3.22. The van der Waals surface area contributed by atoms with Crippen LogP contribution in [0.3, 0.4) is 0 Å². The first-order valence-corrected chi connectivity index (χ1v) is 3.60. The third-order valence-electron chi connectivity index (χ3n) is 1.26. The van der Waals surface area contributed by atoms with E-state index in [0.717, 1.165) is 12.1 Å². The molecule has 0 saturated carbocycles. The van der Waals surface area contributed by atoms with E-state index in [1.54, 1.807) is 0 Å². The van der Waals surface area contributed by atoms with Crippen molar-refractivity contribution in [1.29, 1.82) is 0 Å². The molecule has 0 spiro atoms. The van der Waals surface area contributed by atoms with Crippen molar-refractivity contribution in [2.75, 3.05) is 5.73 Å². The summed E-state index contributed by atoms with van der Waals surface area (Å²) in [5.74, 6) is -1.13. The van der Waals surface area contributed by atoms with Gasteiger partial charge in [-0.3, -0.25) is 0 Å². The molecule has 0 heterocycles. The van der Waals surface area contributed by atoms with Gasteiger partial charge in [0.25, 0.3) is 0 Å². The molecule has 70 valence electrons. The second kappa shape index (κ2) is 3.49. The average molecular weight is 205 g/mol. The summed E-state index contributed by atoms with van der Waals surface area (Å²) in [4.78, 5) is 10.3. The van der Waals surface area contributed by atoms with Crippen LogP contribution in [0.4, 0.5) is 14.9 Å². The second-order valence-corrected chi connectivity index (χ2v) is 2.63. The second-order valence-electron chi connectivity index (χ2n) is 2.23. The predicted octanol–water partition coefficient (Wildman–Crippen LogP) is 1.52. The highest BCUT2D eigenvalue weighted by atomic mass is 35.5. The van der Waals surface area contributed by atoms with Crippen molar-refractivity contribution in [3.8, 4) is 5.75 Å². The van der Waals surface area contributed by atoms with E-state index >= 15 is 0 Å². The van der Waals surface area contributed by atoms with Gasteiger partial charge in [-0.2, -0.15) is 0 Å². The molecule has 4 N–H and O–H groups in total. The number of nitrogens with two attached hydrogens (primary N) is 2. The van der Waals surface area contributed by atoms with Crippen molar-refractivity contribution in [2.45, 2.75) is 0 Å². The van der Waals surface area contributed by atoms with Crippen LogP contribution < -0.4 is 16.2 Å². The van der Waals surface area contributed by atoms with E-state index < -0.39 is 11.9 Å². The number of nitrogen functional groups attached to an aromatic ring is 1. The minimum Gasteiger partial charge on any atom is -0.407 e. The van der Waals surface area contributed by atoms with E-state index in [0.29, 0.717) is 0 Å². The Hall–Kier alpha value is -1.49. The molecule has 6 heteroatoms. The number of amides is 1. The molecule has 0 aliphatic rings. The van der Waals surface area contributed by atoms with Crippen LogP contribution in [0.25, 0.3) is 0 Å². The number of anilines is 1. The van der Waals surface area contributed by atoms with Gasteiger partial charge in [0, 0.05) is 6.07 Å². The molecular formula is C7H6ClFN2O2. The molecule has 0 radical (unpaired) electrons. The summed E-state index contributed by atoms with van der Waals surface area (Å²) >= 11 is 5.49. The van der Waals surface area contributed by atoms with Crippen molar-refractivity contribution in [3.05, 3.63) is 23.0 Å². The third-order valence-corrected chi connectivity index (χ3v) is 1.59. The lowest BCUT2D eigenvalue weighted by molar-refractivity contribution is 0.209. The molecule has 0 bridgehead atoms. The average Bonchev–Trinajstić information content (AvgIpc) is 1.99. The van der Waals surface area contributed by atoms with E-state index in [-0.39, 0.29) is 16.5 Å². The van der Waals surface area contributed by atoms with E-state index in [1.165, 1.54) is 0 Å². The van der Waals surface area contributed by atoms with E-state index in [2.05, 4.69) is 10.5 Å². The predicted molar refractivity (Wildman–Crippen MR) is 46.0 cm³/mol. The van der Waals surface area contributed by atoms with Crippen LogP contribution in [-0.2, 0) is 0 Å². The molecule has 0 aliphatic heterocycles. The number of hydrogen-bond donors (Lipinski definition) is 2. The highest BCUT2D eigenvalue weighted by molar-refractivity contribution is 6.33. The number of halogens is 2. The maximum atomic E-state index is 12.9. The van der Waals surface area contributed by atoms with E-state index in [1.807, 2.05) is 0 Å². The van der Waals surface area contributed by atoms with Crippen molar-refractivity contribution in [3.63, 3.8) is 0 Å². The van der Waals surface area contributed by atoms with Crippen LogP contribution in [0, 0.1) is 5.82 Å². The van der Waals surface area contributed by atoms with Gasteiger partial charge in [-0.1, -0.05) is 11.6 Å². The fourth-order valence-corrected chi connectivity index (χ4v) is 0.882. The Bertz CT molecular complexity index is 357. The molecule has 0 fully saturated rings. The minimum absolute atomic E-state index is 0.0503. The molecule has 1 aromatic carbocycles. The lowest BCUT2D eigenvalue weighted by Crippen LogP contribution is -2.17. The number of carbonyl (C=O) groups is 1. The molecule has 0 atom stereocenters. The molecule has 4 nitrogen and oxygen atoms in total. The quantitative estimate of drug-likeness (QED) is 0.681. The smallest absolute Gasteiger partial charge is 0.407 e. The number of carbonyl (C=O) groups excluding carboxylic acids is 1. The van der Waals surface area contributed by atoms with Gasteiger partial charge in [-0.15, -0.1) is 0 Å². The molecule has 1 aromatic rings. The molecule has 1 rings (SSSR count). The summed E-state index contributed by atoms with van der Waals surface area (Å²) in [6.07, 6.45) is -1.11. The summed E-state index contributed by atoms with van der Waals surface area (Å²) in [7, 11) is 0. The van der Waals surface area contributed by atoms with Crippen molar-refractivity contribution >= 4 is 23.4 Å². The first-order chi connectivity index (χ1) is 6.00. The van der Waals surface area contributed by atoms with Gasteiger partial charge >= 0.3 is 6.09 Å². The Morgan fingerprint density at radius 1 is 1.54 bits per heavy atom. The van der Waals surface area contributed by atoms with Gasteiger partial charge in [-0.05, 0) is 6.07 Å². The fraction of sp³-hybridized carbons (Fsp3) is 0. The number of hydrogen-bond acceptors (Lipinski definition) is 3. The SMILES string of the molecule is NC(=O)Oc1cc(N)c(Cl)cc1F. The van der Waals surface area contributed by atoms with Crippen LogP contribution in [0.1, 0.15) is 0 Å². The third kappa shape index (κ3) is 2.22. The first kappa shape index (κ1) is 9.60. The standard InChI is InChI=1S/C7H6ClFN2O2/c8-3-1-4(9)6(2-5(3)10)13-7(11)12/h1-2H,10H2,(H2,11,12). The Morgan fingerprint density at radius 2 is 2.15 bits per heavy atom. The summed E-state index contributed by atoms with van der Waals surface area (Å²) in [5.41, 5.74) is 10.1. The molecule has 1 amide bonds. The van der Waals surface area contributed by atoms with Gasteiger partial charge in [0.2, 0.25) is 0 Å². The molecule has 0 unspecified atom stereocenters. The highest BCUT2D eigenvalue weighted by Crippen LogP contribution is 2.27. The number of rotatable bonds is 1. The van der Waals surface area contributed by atoms with E-state index in [4.69, 9.17) is 17.3 Å². The monoisotopic (exact) mass is 204 g/mol. The summed E-state index contributed by atoms with van der Waals surface area (Å²) in [6.45, 7) is 0. The van der Waals surface area contributed by atoms with Crippen LogP contribution in [-0.4, -0.2) is 6.09 Å².